The van der Waals surface area contributed by atoms with Crippen LogP contribution in [0.5, 0.6) is 11.5 Å². The van der Waals surface area contributed by atoms with Gasteiger partial charge in [0.25, 0.3) is 5.91 Å². The second-order valence-electron chi connectivity index (χ2n) is 5.07. The molecule has 6 heteroatoms. The molecule has 5 nitrogen and oxygen atoms in total. The molecule has 0 radical (unpaired) electrons. The fraction of sp³-hybridized carbons (Fsp3) is 0.176. The highest BCUT2D eigenvalue weighted by molar-refractivity contribution is 9.10. The van der Waals surface area contributed by atoms with Crippen molar-refractivity contribution < 1.29 is 14.6 Å². The summed E-state index contributed by atoms with van der Waals surface area (Å²) in [4.78, 5) is 11.7. The molecule has 0 aromatic heterocycles. The third-order valence-corrected chi connectivity index (χ3v) is 3.61. The number of benzene rings is 2. The molecule has 0 saturated carbocycles. The quantitative estimate of drug-likeness (QED) is 0.621. The Bertz CT molecular complexity index is 704. The van der Waals surface area contributed by atoms with Crippen molar-refractivity contribution in [3.8, 4) is 11.5 Å². The lowest BCUT2D eigenvalue weighted by Gasteiger charge is -2.11. The zero-order chi connectivity index (χ0) is 16.8. The zero-order valence-corrected chi connectivity index (χ0v) is 14.4. The van der Waals surface area contributed by atoms with Gasteiger partial charge in [0.2, 0.25) is 0 Å². The number of hydrazone groups is 1. The molecule has 0 unspecified atom stereocenters. The second-order valence-corrected chi connectivity index (χ2v) is 5.92. The van der Waals surface area contributed by atoms with Gasteiger partial charge in [-0.15, -0.1) is 0 Å². The summed E-state index contributed by atoms with van der Waals surface area (Å²) in [7, 11) is 0. The van der Waals surface area contributed by atoms with Gasteiger partial charge in [0.05, 0.1) is 10.7 Å². The molecule has 23 heavy (non-hydrogen) atoms. The number of phenolic OH excluding ortho intramolecular Hbond substituents is 1. The molecular formula is C17H17BrN2O3. The highest BCUT2D eigenvalue weighted by Gasteiger charge is 2.08. The lowest BCUT2D eigenvalue weighted by atomic mass is 10.1. The van der Waals surface area contributed by atoms with Crippen LogP contribution in [0.25, 0.3) is 0 Å². The van der Waals surface area contributed by atoms with Crippen LogP contribution in [-0.4, -0.2) is 23.8 Å². The first-order valence-electron chi connectivity index (χ1n) is 6.96. The molecule has 0 saturated heterocycles. The Labute approximate surface area is 143 Å². The number of aryl methyl sites for hydroxylation is 2. The molecule has 0 spiro atoms. The van der Waals surface area contributed by atoms with Gasteiger partial charge < -0.3 is 9.84 Å². The lowest BCUT2D eigenvalue weighted by molar-refractivity contribution is -0.123. The molecule has 1 amide bonds. The van der Waals surface area contributed by atoms with Gasteiger partial charge in [-0.25, -0.2) is 5.43 Å². The molecular weight excluding hydrogens is 360 g/mol. The number of rotatable bonds is 5. The number of hydrogen-bond donors (Lipinski definition) is 2. The van der Waals surface area contributed by atoms with E-state index < -0.39 is 0 Å². The third kappa shape index (κ3) is 5.10. The van der Waals surface area contributed by atoms with Gasteiger partial charge in [0.1, 0.15) is 11.5 Å². The SMILES string of the molecule is Cc1cc(C)c(OCC(=O)N/N=C\c2ccc(O)cc2)c(Br)c1. The van der Waals surface area contributed by atoms with Gasteiger partial charge >= 0.3 is 0 Å². The lowest BCUT2D eigenvalue weighted by Crippen LogP contribution is -2.24. The molecule has 0 aliphatic rings. The Balaban J connectivity index is 1.87. The molecule has 0 aliphatic carbocycles. The predicted octanol–water partition coefficient (Wildman–Crippen LogP) is 3.30. The number of ether oxygens (including phenoxy) is 1. The highest BCUT2D eigenvalue weighted by atomic mass is 79.9. The summed E-state index contributed by atoms with van der Waals surface area (Å²) >= 11 is 3.43. The molecule has 2 aromatic rings. The standard InChI is InChI=1S/C17H17BrN2O3/c1-11-7-12(2)17(15(18)8-11)23-10-16(22)20-19-9-13-3-5-14(21)6-4-13/h3-9,21H,10H2,1-2H3,(H,20,22)/b19-9-. The van der Waals surface area contributed by atoms with E-state index in [2.05, 4.69) is 26.5 Å². The fourth-order valence-electron chi connectivity index (χ4n) is 1.99. The van der Waals surface area contributed by atoms with Crippen LogP contribution in [0.3, 0.4) is 0 Å². The number of phenols is 1. The van der Waals surface area contributed by atoms with Crippen LogP contribution < -0.4 is 10.2 Å². The number of halogens is 1. The van der Waals surface area contributed by atoms with Crippen LogP contribution in [0.15, 0.2) is 46.0 Å². The zero-order valence-electron chi connectivity index (χ0n) is 12.8. The van der Waals surface area contributed by atoms with Crippen molar-refractivity contribution in [2.45, 2.75) is 13.8 Å². The minimum Gasteiger partial charge on any atom is -0.508 e. The number of nitrogens with zero attached hydrogens (tertiary/aromatic N) is 1. The summed E-state index contributed by atoms with van der Waals surface area (Å²) < 4.78 is 6.35. The Morgan fingerprint density at radius 3 is 2.65 bits per heavy atom. The van der Waals surface area contributed by atoms with Gasteiger partial charge in [-0.2, -0.15) is 5.10 Å². The number of amides is 1. The van der Waals surface area contributed by atoms with Crippen molar-refractivity contribution in [2.75, 3.05) is 6.61 Å². The maximum atomic E-state index is 11.7. The summed E-state index contributed by atoms with van der Waals surface area (Å²) in [5, 5.41) is 13.0. The van der Waals surface area contributed by atoms with Gasteiger partial charge in [-0.05, 0) is 76.8 Å². The largest absolute Gasteiger partial charge is 0.508 e. The minimum absolute atomic E-state index is 0.130. The number of hydrogen-bond acceptors (Lipinski definition) is 4. The molecule has 2 rings (SSSR count). The molecule has 0 bridgehead atoms. The summed E-state index contributed by atoms with van der Waals surface area (Å²) in [5.41, 5.74) is 5.23. The second kappa shape index (κ2) is 7.78. The van der Waals surface area contributed by atoms with Crippen molar-refractivity contribution in [1.29, 1.82) is 0 Å². The van der Waals surface area contributed by atoms with E-state index in [4.69, 9.17) is 4.74 Å². The van der Waals surface area contributed by atoms with E-state index in [0.717, 1.165) is 21.2 Å². The van der Waals surface area contributed by atoms with Crippen molar-refractivity contribution in [1.82, 2.24) is 5.43 Å². The van der Waals surface area contributed by atoms with Gasteiger partial charge in [0.15, 0.2) is 6.61 Å². The van der Waals surface area contributed by atoms with E-state index in [-0.39, 0.29) is 18.3 Å². The minimum atomic E-state index is -0.355. The van der Waals surface area contributed by atoms with E-state index in [9.17, 15) is 9.90 Å². The number of carbonyl (C=O) groups excluding carboxylic acids is 1. The average molecular weight is 377 g/mol. The summed E-state index contributed by atoms with van der Waals surface area (Å²) in [6.07, 6.45) is 1.49. The van der Waals surface area contributed by atoms with Gasteiger partial charge in [-0.1, -0.05) is 6.07 Å². The van der Waals surface area contributed by atoms with Gasteiger partial charge in [0, 0.05) is 0 Å². The molecule has 0 fully saturated rings. The fourth-order valence-corrected chi connectivity index (χ4v) is 2.78. The van der Waals surface area contributed by atoms with E-state index in [0.29, 0.717) is 5.75 Å². The normalized spacial score (nSPS) is 10.7. The Kier molecular flexibility index (Phi) is 5.76. The van der Waals surface area contributed by atoms with E-state index >= 15 is 0 Å². The third-order valence-electron chi connectivity index (χ3n) is 3.02. The number of carbonyl (C=O) groups is 1. The number of nitrogens with one attached hydrogen (secondary N) is 1. The molecule has 2 N–H and O–H groups in total. The topological polar surface area (TPSA) is 70.9 Å². The summed E-state index contributed by atoms with van der Waals surface area (Å²) in [6.45, 7) is 3.79. The Hall–Kier alpha value is -2.34. The summed E-state index contributed by atoms with van der Waals surface area (Å²) in [6, 6.07) is 10.4. The maximum absolute atomic E-state index is 11.7. The smallest absolute Gasteiger partial charge is 0.277 e. The monoisotopic (exact) mass is 376 g/mol. The van der Waals surface area contributed by atoms with E-state index in [1.807, 2.05) is 26.0 Å². The average Bonchev–Trinajstić information content (AvgIpc) is 2.48. The molecule has 2 aromatic carbocycles. The van der Waals surface area contributed by atoms with Crippen LogP contribution in [0.1, 0.15) is 16.7 Å². The van der Waals surface area contributed by atoms with Crippen molar-refractivity contribution >= 4 is 28.1 Å². The molecule has 0 atom stereocenters. The first-order valence-corrected chi connectivity index (χ1v) is 7.75. The van der Waals surface area contributed by atoms with Crippen LogP contribution >= 0.6 is 15.9 Å². The maximum Gasteiger partial charge on any atom is 0.277 e. The molecule has 120 valence electrons. The Morgan fingerprint density at radius 2 is 2.00 bits per heavy atom. The number of aromatic hydroxyl groups is 1. The van der Waals surface area contributed by atoms with Crippen LogP contribution in [0.2, 0.25) is 0 Å². The van der Waals surface area contributed by atoms with Gasteiger partial charge in [-0.3, -0.25) is 4.79 Å². The van der Waals surface area contributed by atoms with Crippen molar-refractivity contribution in [3.05, 3.63) is 57.6 Å². The van der Waals surface area contributed by atoms with E-state index in [1.165, 1.54) is 6.21 Å². The molecule has 0 heterocycles. The summed E-state index contributed by atoms with van der Waals surface area (Å²) in [5.74, 6) is 0.471. The van der Waals surface area contributed by atoms with Crippen LogP contribution in [0.4, 0.5) is 0 Å². The van der Waals surface area contributed by atoms with Crippen LogP contribution in [0, 0.1) is 13.8 Å². The first kappa shape index (κ1) is 17.0. The highest BCUT2D eigenvalue weighted by Crippen LogP contribution is 2.30. The van der Waals surface area contributed by atoms with Crippen molar-refractivity contribution in [3.63, 3.8) is 0 Å². The van der Waals surface area contributed by atoms with Crippen molar-refractivity contribution in [2.24, 2.45) is 5.10 Å². The van der Waals surface area contributed by atoms with Crippen LogP contribution in [-0.2, 0) is 4.79 Å². The van der Waals surface area contributed by atoms with E-state index in [1.54, 1.807) is 24.3 Å². The Morgan fingerprint density at radius 1 is 1.30 bits per heavy atom. The molecule has 0 aliphatic heterocycles. The first-order chi connectivity index (χ1) is 11.0. The predicted molar refractivity (Wildman–Crippen MR) is 93.0 cm³/mol.